The quantitative estimate of drug-likeness (QED) is 0.195. The molecule has 0 spiro atoms. The molecule has 2 fully saturated rings. The molecule has 2 aliphatic rings. The van der Waals surface area contributed by atoms with Crippen molar-refractivity contribution in [1.29, 1.82) is 0 Å². The van der Waals surface area contributed by atoms with Crippen LogP contribution in [-0.2, 0) is 23.8 Å². The van der Waals surface area contributed by atoms with Crippen molar-refractivity contribution < 1.29 is 73.2 Å². The predicted molar refractivity (Wildman–Crippen MR) is 155 cm³/mol. The third-order valence-corrected chi connectivity index (χ3v) is 7.63. The Morgan fingerprint density at radius 3 is 1.67 bits per heavy atom. The number of likely N-dealkylation sites (tertiary alicyclic amines) is 1. The van der Waals surface area contributed by atoms with Crippen LogP contribution in [0, 0.1) is 23.5 Å². The highest BCUT2D eigenvalue weighted by Gasteiger charge is 2.39. The van der Waals surface area contributed by atoms with Gasteiger partial charge in [0.1, 0.15) is 23.1 Å². The Morgan fingerprint density at radius 1 is 0.735 bits per heavy atom. The highest BCUT2D eigenvalue weighted by Crippen LogP contribution is 2.38. The second-order valence-electron chi connectivity index (χ2n) is 10.6. The van der Waals surface area contributed by atoms with Gasteiger partial charge in [0.15, 0.2) is 0 Å². The van der Waals surface area contributed by atoms with Crippen molar-refractivity contribution in [3.8, 4) is 11.5 Å². The molecule has 0 aliphatic carbocycles. The van der Waals surface area contributed by atoms with E-state index in [0.717, 1.165) is 25.3 Å². The van der Waals surface area contributed by atoms with Crippen molar-refractivity contribution in [2.24, 2.45) is 11.8 Å². The molecule has 0 aromatic heterocycles. The van der Waals surface area contributed by atoms with Crippen LogP contribution in [-0.4, -0.2) is 70.1 Å². The van der Waals surface area contributed by atoms with Gasteiger partial charge in [0.2, 0.25) is 0 Å². The van der Waals surface area contributed by atoms with Crippen LogP contribution in [0.1, 0.15) is 48.9 Å². The maximum Gasteiger partial charge on any atom is 0.573 e. The van der Waals surface area contributed by atoms with Crippen LogP contribution in [0.4, 0.5) is 39.9 Å². The Balaban J connectivity index is 0.000000338. The molecule has 4 atom stereocenters. The molecule has 0 saturated carbocycles. The third-order valence-electron chi connectivity index (χ3n) is 7.63. The van der Waals surface area contributed by atoms with Crippen LogP contribution in [0.3, 0.4) is 0 Å². The summed E-state index contributed by atoms with van der Waals surface area (Å²) in [5, 5.41) is 3.04. The van der Waals surface area contributed by atoms with Gasteiger partial charge in [-0.15, -0.1) is 38.7 Å². The maximum atomic E-state index is 14.4. The highest BCUT2D eigenvalue weighted by molar-refractivity contribution is 5.85. The molecular formula is C30H33ClF8N2O8. The molecule has 19 heteroatoms. The first kappa shape index (κ1) is 41.1. The van der Waals surface area contributed by atoms with Crippen molar-refractivity contribution in [2.45, 2.75) is 50.5 Å². The highest BCUT2D eigenvalue weighted by atomic mass is 35.5. The Labute approximate surface area is 281 Å². The van der Waals surface area contributed by atoms with E-state index in [1.54, 1.807) is 0 Å². The van der Waals surface area contributed by atoms with Gasteiger partial charge in [0.05, 0.1) is 39.2 Å². The van der Waals surface area contributed by atoms with Crippen molar-refractivity contribution >= 4 is 30.4 Å². The molecule has 2 aliphatic heterocycles. The van der Waals surface area contributed by atoms with E-state index in [1.807, 2.05) is 0 Å². The molecule has 0 bridgehead atoms. The largest absolute Gasteiger partial charge is 0.573 e. The Bertz CT molecular complexity index is 1450. The van der Waals surface area contributed by atoms with E-state index in [0.29, 0.717) is 37.9 Å². The number of nitrogens with zero attached hydrogens (tertiary/aromatic N) is 1. The van der Waals surface area contributed by atoms with E-state index in [2.05, 4.69) is 29.0 Å². The minimum absolute atomic E-state index is 0. The number of carbonyl (C=O) groups is 3. The molecule has 0 radical (unpaired) electrons. The number of benzene rings is 2. The number of alkyl halides is 6. The molecule has 10 nitrogen and oxygen atoms in total. The topological polar surface area (TPSA) is 113 Å². The minimum atomic E-state index is -4.95. The van der Waals surface area contributed by atoms with Gasteiger partial charge in [-0.1, -0.05) is 12.1 Å². The zero-order valence-corrected chi connectivity index (χ0v) is 27.0. The summed E-state index contributed by atoms with van der Waals surface area (Å²) in [7, 11) is 3.65. The Morgan fingerprint density at radius 2 is 1.22 bits per heavy atom. The number of halogens is 9. The zero-order valence-electron chi connectivity index (χ0n) is 26.2. The first-order chi connectivity index (χ1) is 22.5. The van der Waals surface area contributed by atoms with Gasteiger partial charge in [-0.2, -0.15) is 0 Å². The summed E-state index contributed by atoms with van der Waals surface area (Å²) < 4.78 is 123. The number of amides is 1. The van der Waals surface area contributed by atoms with Gasteiger partial charge in [-0.3, -0.25) is 9.59 Å². The zero-order chi connectivity index (χ0) is 35.8. The number of rotatable bonds is 6. The van der Waals surface area contributed by atoms with E-state index < -0.39 is 65.9 Å². The van der Waals surface area contributed by atoms with Crippen LogP contribution in [0.5, 0.6) is 11.5 Å². The smallest absolute Gasteiger partial charge is 0.469 e. The second kappa shape index (κ2) is 17.6. The average Bonchev–Trinajstić information content (AvgIpc) is 3.02. The predicted octanol–water partition coefficient (Wildman–Crippen LogP) is 6.78. The molecule has 274 valence electrons. The van der Waals surface area contributed by atoms with Crippen molar-refractivity contribution in [1.82, 2.24) is 10.2 Å². The lowest BCUT2D eigenvalue weighted by Gasteiger charge is -2.37. The number of carbonyl (C=O) groups excluding carboxylic acids is 3. The van der Waals surface area contributed by atoms with Crippen LogP contribution >= 0.6 is 12.4 Å². The molecule has 49 heavy (non-hydrogen) atoms. The SMILES string of the molecule is COC(=O)C1CCN(C(=O)OC)C(c2ccc(OC(F)(F)F)cc2F)C1.COC(=O)C1CCNC(c2ccc(OC(F)(F)F)cc2F)C1.Cl. The van der Waals surface area contributed by atoms with E-state index in [4.69, 9.17) is 0 Å². The molecule has 1 N–H and O–H groups in total. The molecule has 1 amide bonds. The summed E-state index contributed by atoms with van der Waals surface area (Å²) in [6, 6.07) is 4.24. The molecule has 4 unspecified atom stereocenters. The molecule has 2 heterocycles. The summed E-state index contributed by atoms with van der Waals surface area (Å²) >= 11 is 0. The monoisotopic (exact) mass is 736 g/mol. The number of hydrogen-bond acceptors (Lipinski definition) is 9. The van der Waals surface area contributed by atoms with Crippen LogP contribution in [0.15, 0.2) is 36.4 Å². The van der Waals surface area contributed by atoms with Crippen LogP contribution in [0.25, 0.3) is 0 Å². The first-order valence-electron chi connectivity index (χ1n) is 14.3. The lowest BCUT2D eigenvalue weighted by atomic mass is 9.87. The number of esters is 2. The number of methoxy groups -OCH3 is 3. The summed E-state index contributed by atoms with van der Waals surface area (Å²) in [6.45, 7) is 0.599. The standard InChI is InChI=1S/C16H17F4NO5.C14H15F4NO3.ClH/c1-24-14(22)9-5-6-21(15(23)25-2)13(7-9)11-4-3-10(8-12(11)17)26-16(18,19)20;1-21-13(20)8-4-5-19-12(6-8)10-3-2-9(7-11(10)15)22-14(16,17)18;/h3-4,8-9,13H,5-7H2,1-2H3;2-3,7-8,12,19H,4-6H2,1H3;1H. The lowest BCUT2D eigenvalue weighted by Crippen LogP contribution is -2.43. The summed E-state index contributed by atoms with van der Waals surface area (Å²) in [5.41, 5.74) is 0.154. The Kier molecular flexibility index (Phi) is 14.7. The first-order valence-corrected chi connectivity index (χ1v) is 14.3. The van der Waals surface area contributed by atoms with E-state index in [-0.39, 0.29) is 48.4 Å². The molecule has 2 aromatic carbocycles. The molecule has 2 saturated heterocycles. The van der Waals surface area contributed by atoms with Crippen molar-refractivity contribution in [3.05, 3.63) is 59.2 Å². The van der Waals surface area contributed by atoms with Gasteiger partial charge in [-0.25, -0.2) is 13.6 Å². The van der Waals surface area contributed by atoms with Gasteiger partial charge in [0, 0.05) is 35.8 Å². The number of piperidine rings is 2. The fraction of sp³-hybridized carbons (Fsp3) is 0.500. The van der Waals surface area contributed by atoms with Gasteiger partial charge in [-0.05, 0) is 44.4 Å². The maximum absolute atomic E-state index is 14.4. The molecular weight excluding hydrogens is 704 g/mol. The Hall–Kier alpha value is -4.06. The molecule has 4 rings (SSSR count). The average molecular weight is 737 g/mol. The van der Waals surface area contributed by atoms with E-state index in [1.165, 1.54) is 25.2 Å². The number of hydrogen-bond donors (Lipinski definition) is 1. The molecule has 2 aromatic rings. The fourth-order valence-corrected chi connectivity index (χ4v) is 5.47. The van der Waals surface area contributed by atoms with E-state index in [9.17, 15) is 49.5 Å². The minimum Gasteiger partial charge on any atom is -0.469 e. The lowest BCUT2D eigenvalue weighted by molar-refractivity contribution is -0.275. The number of ether oxygens (including phenoxy) is 5. The second-order valence-corrected chi connectivity index (χ2v) is 10.6. The van der Waals surface area contributed by atoms with Gasteiger partial charge >= 0.3 is 30.8 Å². The number of nitrogens with one attached hydrogen (secondary N) is 1. The van der Waals surface area contributed by atoms with Crippen LogP contribution < -0.4 is 14.8 Å². The fourth-order valence-electron chi connectivity index (χ4n) is 5.47. The van der Waals surface area contributed by atoms with Crippen molar-refractivity contribution in [3.63, 3.8) is 0 Å². The third kappa shape index (κ3) is 11.8. The summed E-state index contributed by atoms with van der Waals surface area (Å²) in [6.07, 6.45) is -9.30. The van der Waals surface area contributed by atoms with Gasteiger partial charge in [0.25, 0.3) is 0 Å². The normalized spacial score (nSPS) is 20.8. The van der Waals surface area contributed by atoms with Crippen molar-refractivity contribution in [2.75, 3.05) is 34.4 Å². The van der Waals surface area contributed by atoms with Crippen LogP contribution in [0.2, 0.25) is 0 Å². The van der Waals surface area contributed by atoms with E-state index >= 15 is 0 Å². The summed E-state index contributed by atoms with van der Waals surface area (Å²) in [5.74, 6) is -4.95. The summed E-state index contributed by atoms with van der Waals surface area (Å²) in [4.78, 5) is 36.5. The van der Waals surface area contributed by atoms with Gasteiger partial charge < -0.3 is 33.9 Å².